The van der Waals surface area contributed by atoms with Crippen molar-refractivity contribution in [2.75, 3.05) is 20.4 Å². The Morgan fingerprint density at radius 3 is 1.12 bits per heavy atom. The van der Waals surface area contributed by atoms with Crippen LogP contribution in [0.1, 0.15) is 128 Å². The summed E-state index contributed by atoms with van der Waals surface area (Å²) >= 11 is 0. The van der Waals surface area contributed by atoms with Crippen LogP contribution in [0.5, 0.6) is 34.5 Å². The van der Waals surface area contributed by atoms with E-state index in [0.717, 1.165) is 38.9 Å². The molecule has 78 heavy (non-hydrogen) atoms. The fraction of sp³-hybridized carbons (Fsp3) is 0.304. The molecule has 0 amide bonds. The van der Waals surface area contributed by atoms with Crippen molar-refractivity contribution in [2.24, 2.45) is 0 Å². The minimum atomic E-state index is -2.18. The lowest BCUT2D eigenvalue weighted by molar-refractivity contribution is 0.0848. The minimum absolute atomic E-state index is 0.0485. The summed E-state index contributed by atoms with van der Waals surface area (Å²) in [6, 6.07) is 67.6. The lowest BCUT2D eigenvalue weighted by atomic mass is 9.59. The van der Waals surface area contributed by atoms with Crippen LogP contribution < -0.4 is 27.6 Å². The highest BCUT2D eigenvalue weighted by atomic mass is 31.2. The second-order valence-corrected chi connectivity index (χ2v) is 26.7. The SMILES string of the molecule is COc1cc(-c2cc(OC)cc(C(C)(C)C)c2OP(Oc2ccc(C(C)(C)C)cc2)Oc2ccc(C(C)(C)C)cc2)c(OP2CC(c3ccccc3)(c3ccccc3)C(c3ccccc3)(c3ccccc3)O2)c(C(C)(C)C)c1. The van der Waals surface area contributed by atoms with Crippen LogP contribution in [-0.4, -0.2) is 20.4 Å². The molecule has 1 saturated heterocycles. The highest BCUT2D eigenvalue weighted by Gasteiger charge is 2.65. The van der Waals surface area contributed by atoms with Crippen molar-refractivity contribution in [3.8, 4) is 45.6 Å². The van der Waals surface area contributed by atoms with Crippen LogP contribution in [0.25, 0.3) is 11.1 Å². The standard InChI is InChI=1S/C69H76O7P2/c1-64(2,3)48-35-39-54(40-36-48)72-78(73-55-41-37-49(38-42-55)65(4,5)6)75-63-59(44-57(71-14)46-61(63)67(10,11)12)58-43-56(70-13)45-60(66(7,8)9)62(58)74-77-47-68(50-27-19-15-20-28-50,51-29-21-16-22-30-51)69(76-77,52-31-23-17-24-32-52)53-33-25-18-26-34-53/h15-46H,47H2,1-14H3. The Hall–Kier alpha value is -6.62. The first-order valence-corrected chi connectivity index (χ1v) is 29.4. The Bertz CT molecular complexity index is 3050. The third-order valence-corrected chi connectivity index (χ3v) is 17.4. The molecular formula is C69H76O7P2. The first-order chi connectivity index (χ1) is 37.0. The van der Waals surface area contributed by atoms with E-state index in [1.165, 1.54) is 11.1 Å². The number of methoxy groups -OCH3 is 2. The van der Waals surface area contributed by atoms with E-state index in [4.69, 9.17) is 32.1 Å². The van der Waals surface area contributed by atoms with Gasteiger partial charge in [0, 0.05) is 28.4 Å². The van der Waals surface area contributed by atoms with Gasteiger partial charge < -0.3 is 32.1 Å². The predicted octanol–water partition coefficient (Wildman–Crippen LogP) is 19.0. The highest BCUT2D eigenvalue weighted by molar-refractivity contribution is 7.48. The zero-order chi connectivity index (χ0) is 55.7. The lowest BCUT2D eigenvalue weighted by Crippen LogP contribution is -2.49. The smallest absolute Gasteiger partial charge is 0.497 e. The molecule has 9 rings (SSSR count). The summed E-state index contributed by atoms with van der Waals surface area (Å²) in [4.78, 5) is 0. The molecule has 0 radical (unpaired) electrons. The first-order valence-electron chi connectivity index (χ1n) is 26.9. The van der Waals surface area contributed by atoms with Crippen LogP contribution in [0.2, 0.25) is 0 Å². The van der Waals surface area contributed by atoms with E-state index in [2.05, 4.69) is 241 Å². The Kier molecular flexibility index (Phi) is 16.0. The van der Waals surface area contributed by atoms with Gasteiger partial charge in [-0.25, -0.2) is 0 Å². The van der Waals surface area contributed by atoms with Crippen LogP contribution in [-0.2, 0) is 37.2 Å². The molecule has 1 unspecified atom stereocenters. The highest BCUT2D eigenvalue weighted by Crippen LogP contribution is 2.70. The van der Waals surface area contributed by atoms with Gasteiger partial charge in [-0.1, -0.05) is 229 Å². The van der Waals surface area contributed by atoms with E-state index in [1.54, 1.807) is 14.2 Å². The molecule has 0 aliphatic carbocycles. The van der Waals surface area contributed by atoms with Gasteiger partial charge in [0.05, 0.1) is 19.6 Å². The van der Waals surface area contributed by atoms with Crippen molar-refractivity contribution >= 4 is 17.0 Å². The van der Waals surface area contributed by atoms with Crippen molar-refractivity contribution in [3.05, 3.63) is 239 Å². The maximum atomic E-state index is 7.99. The zero-order valence-corrected chi connectivity index (χ0v) is 49.7. The summed E-state index contributed by atoms with van der Waals surface area (Å²) in [6.45, 7) is 26.4. The quantitative estimate of drug-likeness (QED) is 0.0948. The average molecular weight is 1080 g/mol. The normalized spacial score (nSPS) is 15.4. The van der Waals surface area contributed by atoms with Crippen LogP contribution in [0.4, 0.5) is 0 Å². The summed E-state index contributed by atoms with van der Waals surface area (Å²) in [5.41, 5.74) is 7.10. The molecule has 8 aromatic rings. The van der Waals surface area contributed by atoms with Crippen LogP contribution in [0.3, 0.4) is 0 Å². The second kappa shape index (κ2) is 22.3. The fourth-order valence-electron chi connectivity index (χ4n) is 10.5. The third kappa shape index (κ3) is 11.4. The largest absolute Gasteiger partial charge is 0.530 e. The average Bonchev–Trinajstić information content (AvgIpc) is 3.86. The topological polar surface area (TPSA) is 64.6 Å². The fourth-order valence-corrected chi connectivity index (χ4v) is 13.8. The summed E-state index contributed by atoms with van der Waals surface area (Å²) in [6.07, 6.45) is 0.513. The van der Waals surface area contributed by atoms with Gasteiger partial charge in [0.25, 0.3) is 0 Å². The maximum absolute atomic E-state index is 7.99. The molecular weight excluding hydrogens is 1000 g/mol. The molecule has 1 heterocycles. The minimum Gasteiger partial charge on any atom is -0.497 e. The Balaban J connectivity index is 1.28. The number of benzene rings is 8. The number of ether oxygens (including phenoxy) is 2. The molecule has 8 aromatic carbocycles. The molecule has 1 aliphatic heterocycles. The molecule has 404 valence electrons. The van der Waals surface area contributed by atoms with Crippen molar-refractivity contribution in [2.45, 2.75) is 116 Å². The molecule has 0 spiro atoms. The van der Waals surface area contributed by atoms with Crippen molar-refractivity contribution in [1.29, 1.82) is 0 Å². The molecule has 1 aliphatic rings. The van der Waals surface area contributed by atoms with E-state index in [9.17, 15) is 0 Å². The molecule has 0 N–H and O–H groups in total. The summed E-state index contributed by atoms with van der Waals surface area (Å²) in [5.74, 6) is 3.77. The van der Waals surface area contributed by atoms with Gasteiger partial charge in [0.15, 0.2) is 0 Å². The molecule has 1 atom stereocenters. The molecule has 9 heteroatoms. The van der Waals surface area contributed by atoms with Crippen LogP contribution in [0.15, 0.2) is 194 Å². The summed E-state index contributed by atoms with van der Waals surface area (Å²) < 4.78 is 49.5. The monoisotopic (exact) mass is 1080 g/mol. The van der Waals surface area contributed by atoms with E-state index in [-0.39, 0.29) is 10.8 Å². The van der Waals surface area contributed by atoms with E-state index in [0.29, 0.717) is 46.2 Å². The molecule has 0 aromatic heterocycles. The van der Waals surface area contributed by atoms with Gasteiger partial charge in [-0.05, 0) is 104 Å². The first kappa shape index (κ1) is 56.1. The van der Waals surface area contributed by atoms with Gasteiger partial charge in [-0.2, -0.15) is 0 Å². The Morgan fingerprint density at radius 2 is 0.756 bits per heavy atom. The lowest BCUT2D eigenvalue weighted by Gasteiger charge is -2.45. The van der Waals surface area contributed by atoms with Crippen molar-refractivity contribution in [3.63, 3.8) is 0 Å². The van der Waals surface area contributed by atoms with Gasteiger partial charge >= 0.3 is 8.60 Å². The van der Waals surface area contributed by atoms with Gasteiger partial charge in [-0.3, -0.25) is 0 Å². The van der Waals surface area contributed by atoms with Crippen LogP contribution in [0, 0.1) is 0 Å². The molecule has 7 nitrogen and oxygen atoms in total. The maximum Gasteiger partial charge on any atom is 0.530 e. The molecule has 0 saturated carbocycles. The van der Waals surface area contributed by atoms with Gasteiger partial charge in [0.1, 0.15) is 40.1 Å². The predicted molar refractivity (Wildman–Crippen MR) is 322 cm³/mol. The Labute approximate surface area is 467 Å². The van der Waals surface area contributed by atoms with Crippen molar-refractivity contribution in [1.82, 2.24) is 0 Å². The van der Waals surface area contributed by atoms with E-state index < -0.39 is 38.8 Å². The van der Waals surface area contributed by atoms with Gasteiger partial charge in [0.2, 0.25) is 8.38 Å². The van der Waals surface area contributed by atoms with Gasteiger partial charge in [-0.15, -0.1) is 0 Å². The summed E-state index contributed by atoms with van der Waals surface area (Å²) in [5, 5.41) is 0. The van der Waals surface area contributed by atoms with E-state index >= 15 is 0 Å². The Morgan fingerprint density at radius 1 is 0.397 bits per heavy atom. The third-order valence-electron chi connectivity index (χ3n) is 14.8. The van der Waals surface area contributed by atoms with Crippen molar-refractivity contribution < 1.29 is 32.1 Å². The molecule has 1 fully saturated rings. The number of hydrogen-bond donors (Lipinski definition) is 0. The second-order valence-electron chi connectivity index (χ2n) is 24.4. The zero-order valence-electron chi connectivity index (χ0n) is 47.9. The van der Waals surface area contributed by atoms with Crippen LogP contribution >= 0.6 is 17.0 Å². The number of rotatable bonds is 15. The number of hydrogen-bond acceptors (Lipinski definition) is 7. The summed E-state index contributed by atoms with van der Waals surface area (Å²) in [7, 11) is -0.558. The molecule has 0 bridgehead atoms. The van der Waals surface area contributed by atoms with E-state index in [1.807, 2.05) is 36.4 Å².